The van der Waals surface area contributed by atoms with Crippen molar-refractivity contribution in [1.82, 2.24) is 15.1 Å². The first-order valence-corrected chi connectivity index (χ1v) is 8.53. The molecule has 2 saturated heterocycles. The van der Waals surface area contributed by atoms with E-state index >= 15 is 0 Å². The third-order valence-corrected chi connectivity index (χ3v) is 4.86. The van der Waals surface area contributed by atoms with Crippen molar-refractivity contribution in [2.75, 3.05) is 39.3 Å². The molecule has 4 nitrogen and oxygen atoms in total. The smallest absolute Gasteiger partial charge is 0.253 e. The van der Waals surface area contributed by atoms with Gasteiger partial charge in [0.15, 0.2) is 0 Å². The molecule has 4 heteroatoms. The normalized spacial score (nSPS) is 21.0. The van der Waals surface area contributed by atoms with Gasteiger partial charge in [-0.1, -0.05) is 19.1 Å². The largest absolute Gasteiger partial charge is 0.336 e. The summed E-state index contributed by atoms with van der Waals surface area (Å²) in [5.74, 6) is 1.03. The number of nitrogens with one attached hydrogen (secondary N) is 1. The van der Waals surface area contributed by atoms with E-state index < -0.39 is 0 Å². The Hall–Kier alpha value is -1.39. The molecule has 0 unspecified atom stereocenters. The molecule has 2 heterocycles. The minimum atomic E-state index is 0.176. The highest BCUT2D eigenvalue weighted by atomic mass is 16.2. The number of piperidine rings is 1. The van der Waals surface area contributed by atoms with Crippen molar-refractivity contribution >= 4 is 5.91 Å². The van der Waals surface area contributed by atoms with Gasteiger partial charge in [0, 0.05) is 38.3 Å². The highest BCUT2D eigenvalue weighted by Crippen LogP contribution is 2.19. The Morgan fingerprint density at radius 1 is 1.18 bits per heavy atom. The minimum absolute atomic E-state index is 0.176. The number of benzene rings is 1. The lowest BCUT2D eigenvalue weighted by Crippen LogP contribution is -2.46. The number of hydrogen-bond acceptors (Lipinski definition) is 3. The third-order valence-electron chi connectivity index (χ3n) is 4.86. The first-order valence-electron chi connectivity index (χ1n) is 8.53. The fourth-order valence-corrected chi connectivity index (χ4v) is 3.33. The third kappa shape index (κ3) is 3.87. The van der Waals surface area contributed by atoms with Crippen LogP contribution in [0.3, 0.4) is 0 Å². The van der Waals surface area contributed by atoms with Gasteiger partial charge in [-0.15, -0.1) is 0 Å². The number of carbonyl (C=O) groups excluding carboxylic acids is 1. The van der Waals surface area contributed by atoms with Gasteiger partial charge in [0.25, 0.3) is 5.91 Å². The molecule has 1 aromatic carbocycles. The number of hydrogen-bond donors (Lipinski definition) is 1. The van der Waals surface area contributed by atoms with Gasteiger partial charge in [-0.25, -0.2) is 0 Å². The fraction of sp³-hybridized carbons (Fsp3) is 0.611. The Morgan fingerprint density at radius 3 is 2.64 bits per heavy atom. The molecule has 1 amide bonds. The number of piperazine rings is 1. The zero-order valence-corrected chi connectivity index (χ0v) is 13.6. The minimum Gasteiger partial charge on any atom is -0.336 e. The molecule has 0 saturated carbocycles. The molecule has 0 aromatic heterocycles. The second-order valence-corrected chi connectivity index (χ2v) is 6.70. The van der Waals surface area contributed by atoms with Gasteiger partial charge in [-0.05, 0) is 49.5 Å². The van der Waals surface area contributed by atoms with Gasteiger partial charge in [-0.3, -0.25) is 9.69 Å². The van der Waals surface area contributed by atoms with Crippen molar-refractivity contribution in [3.8, 4) is 0 Å². The maximum Gasteiger partial charge on any atom is 0.253 e. The van der Waals surface area contributed by atoms with Crippen molar-refractivity contribution in [2.45, 2.75) is 26.3 Å². The van der Waals surface area contributed by atoms with Crippen LogP contribution < -0.4 is 5.32 Å². The van der Waals surface area contributed by atoms with Crippen molar-refractivity contribution < 1.29 is 4.79 Å². The van der Waals surface area contributed by atoms with Crippen LogP contribution in [-0.4, -0.2) is 55.0 Å². The predicted octanol–water partition coefficient (Wildman–Crippen LogP) is 1.96. The number of likely N-dealkylation sites (tertiary alicyclic amines) is 1. The van der Waals surface area contributed by atoms with Gasteiger partial charge >= 0.3 is 0 Å². The van der Waals surface area contributed by atoms with Crippen LogP contribution in [-0.2, 0) is 6.54 Å². The molecule has 1 N–H and O–H groups in total. The van der Waals surface area contributed by atoms with Gasteiger partial charge in [0.2, 0.25) is 0 Å². The van der Waals surface area contributed by atoms with Crippen LogP contribution >= 0.6 is 0 Å². The number of carbonyl (C=O) groups is 1. The van der Waals surface area contributed by atoms with E-state index in [1.165, 1.54) is 31.5 Å². The number of rotatable bonds is 3. The molecule has 0 aliphatic carbocycles. The van der Waals surface area contributed by atoms with Crippen molar-refractivity contribution in [2.24, 2.45) is 5.92 Å². The maximum absolute atomic E-state index is 12.6. The molecule has 0 atom stereocenters. The summed E-state index contributed by atoms with van der Waals surface area (Å²) >= 11 is 0. The molecule has 2 aliphatic rings. The summed E-state index contributed by atoms with van der Waals surface area (Å²) in [6.07, 6.45) is 2.58. The highest BCUT2D eigenvalue weighted by Gasteiger charge is 2.19. The quantitative estimate of drug-likeness (QED) is 0.927. The molecule has 2 aliphatic heterocycles. The van der Waals surface area contributed by atoms with E-state index in [4.69, 9.17) is 0 Å². The number of amides is 1. The molecule has 2 fully saturated rings. The Labute approximate surface area is 133 Å². The van der Waals surface area contributed by atoms with E-state index in [1.54, 1.807) is 0 Å². The van der Waals surface area contributed by atoms with Crippen molar-refractivity contribution in [1.29, 1.82) is 0 Å². The second-order valence-electron chi connectivity index (χ2n) is 6.70. The van der Waals surface area contributed by atoms with Crippen LogP contribution in [0.15, 0.2) is 24.3 Å². The summed E-state index contributed by atoms with van der Waals surface area (Å²) in [7, 11) is 0. The monoisotopic (exact) mass is 301 g/mol. The summed E-state index contributed by atoms with van der Waals surface area (Å²) in [5, 5.41) is 3.29. The summed E-state index contributed by atoms with van der Waals surface area (Å²) in [6.45, 7) is 9.09. The van der Waals surface area contributed by atoms with E-state index in [2.05, 4.69) is 29.3 Å². The molecule has 3 rings (SSSR count). The maximum atomic E-state index is 12.6. The molecule has 0 bridgehead atoms. The van der Waals surface area contributed by atoms with Crippen LogP contribution in [0.2, 0.25) is 0 Å². The molecule has 0 spiro atoms. The van der Waals surface area contributed by atoms with E-state index in [0.717, 1.165) is 44.2 Å². The summed E-state index contributed by atoms with van der Waals surface area (Å²) in [4.78, 5) is 17.0. The van der Waals surface area contributed by atoms with Gasteiger partial charge in [-0.2, -0.15) is 0 Å². The first-order chi connectivity index (χ1) is 10.7. The first kappa shape index (κ1) is 15.5. The van der Waals surface area contributed by atoms with Crippen LogP contribution in [0.25, 0.3) is 0 Å². The zero-order valence-electron chi connectivity index (χ0n) is 13.6. The van der Waals surface area contributed by atoms with Crippen LogP contribution in [0.5, 0.6) is 0 Å². The van der Waals surface area contributed by atoms with Crippen LogP contribution in [0.4, 0.5) is 0 Å². The molecule has 22 heavy (non-hydrogen) atoms. The molecule has 120 valence electrons. The van der Waals surface area contributed by atoms with E-state index in [9.17, 15) is 4.79 Å². The van der Waals surface area contributed by atoms with Crippen molar-refractivity contribution in [3.63, 3.8) is 0 Å². The topological polar surface area (TPSA) is 35.6 Å². The van der Waals surface area contributed by atoms with Crippen LogP contribution in [0.1, 0.15) is 35.7 Å². The standard InChI is InChI=1S/C18H27N3O/c1-15-5-9-20(10-6-15)14-16-3-2-4-17(13-16)18(22)21-11-7-19-8-12-21/h2-4,13,15,19H,5-12,14H2,1H3. The van der Waals surface area contributed by atoms with E-state index in [0.29, 0.717) is 0 Å². The lowest BCUT2D eigenvalue weighted by atomic mass is 9.98. The Morgan fingerprint density at radius 2 is 1.91 bits per heavy atom. The second kappa shape index (κ2) is 7.25. The Bertz CT molecular complexity index is 503. The molecular weight excluding hydrogens is 274 g/mol. The van der Waals surface area contributed by atoms with Gasteiger partial charge < -0.3 is 10.2 Å². The summed E-state index contributed by atoms with van der Waals surface area (Å²) in [5.41, 5.74) is 2.10. The predicted molar refractivity (Wildman–Crippen MR) is 88.9 cm³/mol. The number of nitrogens with zero attached hydrogens (tertiary/aromatic N) is 2. The van der Waals surface area contributed by atoms with Crippen LogP contribution in [0, 0.1) is 5.92 Å². The van der Waals surface area contributed by atoms with E-state index in [1.807, 2.05) is 17.0 Å². The lowest BCUT2D eigenvalue weighted by Gasteiger charge is -2.30. The Balaban J connectivity index is 1.63. The Kier molecular flexibility index (Phi) is 5.11. The highest BCUT2D eigenvalue weighted by molar-refractivity contribution is 5.94. The summed E-state index contributed by atoms with van der Waals surface area (Å²) in [6, 6.07) is 8.21. The van der Waals surface area contributed by atoms with Gasteiger partial charge in [0.1, 0.15) is 0 Å². The molecule has 0 radical (unpaired) electrons. The summed E-state index contributed by atoms with van der Waals surface area (Å²) < 4.78 is 0. The average Bonchev–Trinajstić information content (AvgIpc) is 2.57. The SMILES string of the molecule is CC1CCN(Cc2cccc(C(=O)N3CCNCC3)c2)CC1. The molecule has 1 aromatic rings. The average molecular weight is 301 g/mol. The van der Waals surface area contributed by atoms with E-state index in [-0.39, 0.29) is 5.91 Å². The molecular formula is C18H27N3O. The van der Waals surface area contributed by atoms with Gasteiger partial charge in [0.05, 0.1) is 0 Å². The zero-order chi connectivity index (χ0) is 15.4. The van der Waals surface area contributed by atoms with Crippen molar-refractivity contribution in [3.05, 3.63) is 35.4 Å². The lowest BCUT2D eigenvalue weighted by molar-refractivity contribution is 0.0735. The fourth-order valence-electron chi connectivity index (χ4n) is 3.33.